The molecule has 0 atom stereocenters. The van der Waals surface area contributed by atoms with Crippen molar-refractivity contribution in [3.63, 3.8) is 0 Å². The van der Waals surface area contributed by atoms with Crippen molar-refractivity contribution in [2.24, 2.45) is 0 Å². The zero-order valence-electron chi connectivity index (χ0n) is 16.9. The first-order valence-electron chi connectivity index (χ1n) is 10.1. The Balaban J connectivity index is 1.78. The summed E-state index contributed by atoms with van der Waals surface area (Å²) in [6, 6.07) is 35.2. The van der Waals surface area contributed by atoms with E-state index in [0.717, 1.165) is 33.9 Å². The molecule has 0 amide bonds. The molecule has 0 unspecified atom stereocenters. The molecule has 0 aliphatic heterocycles. The molecule has 6 heteroatoms. The molecule has 0 radical (unpaired) electrons. The fourth-order valence-electron chi connectivity index (χ4n) is 3.46. The standard InChI is InChI=1S/C26H18Cl2N4/c27-21-11-15-23(16-12-21)29-32-26(20-9-5-2-6-10-20)25(19-7-3-1-4-8-19)30-31(32)24-17-13-22(28)14-18-24/h1-18H. The van der Waals surface area contributed by atoms with Gasteiger partial charge in [-0.25, -0.2) is 0 Å². The molecule has 5 rings (SSSR count). The zero-order chi connectivity index (χ0) is 21.9. The van der Waals surface area contributed by atoms with Gasteiger partial charge in [-0.3, -0.25) is 5.43 Å². The summed E-state index contributed by atoms with van der Waals surface area (Å²) < 4.78 is 0. The van der Waals surface area contributed by atoms with Crippen LogP contribution in [0.4, 0.5) is 5.69 Å². The Bertz CT molecular complexity index is 1330. The number of benzene rings is 4. The van der Waals surface area contributed by atoms with E-state index in [0.29, 0.717) is 10.0 Å². The first kappa shape index (κ1) is 20.3. The van der Waals surface area contributed by atoms with Gasteiger partial charge in [0.05, 0.1) is 0 Å². The molecule has 4 nitrogen and oxygen atoms in total. The number of halogens is 2. The Labute approximate surface area is 196 Å². The van der Waals surface area contributed by atoms with Gasteiger partial charge in [-0.1, -0.05) is 108 Å². The van der Waals surface area contributed by atoms with E-state index in [-0.39, 0.29) is 0 Å². The van der Waals surface area contributed by atoms with E-state index in [1.807, 2.05) is 102 Å². The molecule has 0 N–H and O–H groups in total. The van der Waals surface area contributed by atoms with E-state index in [1.165, 1.54) is 0 Å². The fourth-order valence-corrected chi connectivity index (χ4v) is 3.72. The van der Waals surface area contributed by atoms with Crippen LogP contribution in [0.2, 0.25) is 10.0 Å². The summed E-state index contributed by atoms with van der Waals surface area (Å²) in [4.78, 5) is 3.61. The Kier molecular flexibility index (Phi) is 5.63. The van der Waals surface area contributed by atoms with E-state index in [2.05, 4.69) is 12.1 Å². The van der Waals surface area contributed by atoms with Crippen LogP contribution in [0.1, 0.15) is 0 Å². The molecule has 0 aliphatic carbocycles. The third-order valence-electron chi connectivity index (χ3n) is 4.99. The smallest absolute Gasteiger partial charge is 0.234 e. The zero-order valence-corrected chi connectivity index (χ0v) is 18.4. The second-order valence-corrected chi connectivity index (χ2v) is 8.03. The number of hydrogen-bond acceptors (Lipinski definition) is 1. The fraction of sp³-hybridized carbons (Fsp3) is 0. The minimum absolute atomic E-state index is 0.661. The van der Waals surface area contributed by atoms with Crippen LogP contribution >= 0.6 is 23.2 Å². The van der Waals surface area contributed by atoms with Crippen LogP contribution in [0.3, 0.4) is 0 Å². The average Bonchev–Trinajstić information content (AvgIpc) is 3.21. The minimum Gasteiger partial charge on any atom is -0.271 e. The SMILES string of the molecule is Clc1ccc([N-][n+]2c(-c3ccccc3)c(-c3ccccc3)nn2-c2ccc(Cl)cc2)cc1. The highest BCUT2D eigenvalue weighted by atomic mass is 35.5. The highest BCUT2D eigenvalue weighted by Crippen LogP contribution is 2.31. The highest BCUT2D eigenvalue weighted by molar-refractivity contribution is 6.30. The van der Waals surface area contributed by atoms with Gasteiger partial charge in [0.1, 0.15) is 0 Å². The lowest BCUT2D eigenvalue weighted by molar-refractivity contribution is -0.690. The van der Waals surface area contributed by atoms with Gasteiger partial charge in [-0.05, 0) is 35.1 Å². The molecule has 4 aromatic carbocycles. The Morgan fingerprint density at radius 1 is 0.625 bits per heavy atom. The maximum atomic E-state index is 6.14. The molecular weight excluding hydrogens is 439 g/mol. The van der Waals surface area contributed by atoms with Gasteiger partial charge in [-0.2, -0.15) is 4.79 Å². The summed E-state index contributed by atoms with van der Waals surface area (Å²) in [5.41, 5.74) is 10.2. The Morgan fingerprint density at radius 3 is 1.75 bits per heavy atom. The number of nitrogens with zero attached hydrogens (tertiary/aromatic N) is 4. The van der Waals surface area contributed by atoms with Gasteiger partial charge in [0.2, 0.25) is 5.69 Å². The minimum atomic E-state index is 0.661. The third kappa shape index (κ3) is 4.11. The predicted octanol–water partition coefficient (Wildman–Crippen LogP) is 7.27. The molecule has 156 valence electrons. The summed E-state index contributed by atoms with van der Waals surface area (Å²) >= 11 is 12.2. The lowest BCUT2D eigenvalue weighted by Gasteiger charge is -2.16. The number of hydrogen-bond donors (Lipinski definition) is 0. The third-order valence-corrected chi connectivity index (χ3v) is 5.49. The molecular formula is C26H18Cl2N4. The van der Waals surface area contributed by atoms with Crippen molar-refractivity contribution in [3.8, 4) is 28.2 Å². The average molecular weight is 457 g/mol. The van der Waals surface area contributed by atoms with E-state index < -0.39 is 0 Å². The molecule has 1 heterocycles. The monoisotopic (exact) mass is 456 g/mol. The van der Waals surface area contributed by atoms with Crippen LogP contribution in [0, 0.1) is 0 Å². The first-order chi connectivity index (χ1) is 15.7. The van der Waals surface area contributed by atoms with Gasteiger partial charge < -0.3 is 0 Å². The highest BCUT2D eigenvalue weighted by Gasteiger charge is 2.25. The summed E-state index contributed by atoms with van der Waals surface area (Å²) in [6.45, 7) is 0. The van der Waals surface area contributed by atoms with Crippen molar-refractivity contribution in [1.82, 2.24) is 9.90 Å². The van der Waals surface area contributed by atoms with Crippen molar-refractivity contribution >= 4 is 28.9 Å². The second kappa shape index (κ2) is 8.87. The number of aromatic nitrogens is 3. The maximum Gasteiger partial charge on any atom is 0.234 e. The van der Waals surface area contributed by atoms with Gasteiger partial charge in [0.15, 0.2) is 5.69 Å². The Morgan fingerprint density at radius 2 is 1.16 bits per heavy atom. The normalized spacial score (nSPS) is 10.8. The summed E-state index contributed by atoms with van der Waals surface area (Å²) in [7, 11) is 0. The van der Waals surface area contributed by atoms with Crippen molar-refractivity contribution < 1.29 is 4.79 Å². The van der Waals surface area contributed by atoms with Gasteiger partial charge in [-0.15, -0.1) is 4.80 Å². The van der Waals surface area contributed by atoms with Crippen LogP contribution in [0.5, 0.6) is 0 Å². The molecule has 5 aromatic rings. The van der Waals surface area contributed by atoms with E-state index >= 15 is 0 Å². The quantitative estimate of drug-likeness (QED) is 0.256. The molecule has 0 bridgehead atoms. The van der Waals surface area contributed by atoms with Gasteiger partial charge in [0, 0.05) is 26.9 Å². The van der Waals surface area contributed by atoms with Crippen LogP contribution in [0.25, 0.3) is 33.6 Å². The van der Waals surface area contributed by atoms with Crippen molar-refractivity contribution in [2.45, 2.75) is 0 Å². The molecule has 1 aromatic heterocycles. The lowest BCUT2D eigenvalue weighted by atomic mass is 10.1. The van der Waals surface area contributed by atoms with Crippen LogP contribution in [-0.2, 0) is 0 Å². The van der Waals surface area contributed by atoms with Crippen molar-refractivity contribution in [1.29, 1.82) is 0 Å². The second-order valence-electron chi connectivity index (χ2n) is 7.16. The summed E-state index contributed by atoms with van der Waals surface area (Å²) in [5.74, 6) is 0. The molecule has 0 saturated heterocycles. The topological polar surface area (TPSA) is 35.8 Å². The van der Waals surface area contributed by atoms with Crippen molar-refractivity contribution in [2.75, 3.05) is 0 Å². The van der Waals surface area contributed by atoms with E-state index in [4.69, 9.17) is 33.7 Å². The largest absolute Gasteiger partial charge is 0.271 e. The molecule has 0 spiro atoms. The molecule has 0 saturated carbocycles. The number of rotatable bonds is 5. The van der Waals surface area contributed by atoms with Crippen molar-refractivity contribution in [3.05, 3.63) is 125 Å². The Hall–Kier alpha value is -3.60. The van der Waals surface area contributed by atoms with Crippen LogP contribution < -0.4 is 4.79 Å². The lowest BCUT2D eigenvalue weighted by Crippen LogP contribution is -2.40. The molecule has 0 aliphatic rings. The van der Waals surface area contributed by atoms with Crippen LogP contribution in [0.15, 0.2) is 109 Å². The van der Waals surface area contributed by atoms with E-state index in [1.54, 1.807) is 4.80 Å². The summed E-state index contributed by atoms with van der Waals surface area (Å²) in [6.07, 6.45) is 0. The molecule has 0 fully saturated rings. The predicted molar refractivity (Wildman–Crippen MR) is 130 cm³/mol. The van der Waals surface area contributed by atoms with Crippen LogP contribution in [-0.4, -0.2) is 9.90 Å². The van der Waals surface area contributed by atoms with Gasteiger partial charge >= 0.3 is 0 Å². The van der Waals surface area contributed by atoms with Gasteiger partial charge in [0.25, 0.3) is 0 Å². The summed E-state index contributed by atoms with van der Waals surface area (Å²) in [5, 5.41) is 6.31. The van der Waals surface area contributed by atoms with E-state index in [9.17, 15) is 0 Å². The maximum absolute atomic E-state index is 6.14. The molecule has 32 heavy (non-hydrogen) atoms. The first-order valence-corrected chi connectivity index (χ1v) is 10.8.